The van der Waals surface area contributed by atoms with Crippen molar-refractivity contribution in [2.75, 3.05) is 18.1 Å². The molecule has 4 N–H and O–H groups in total. The Hall–Kier alpha value is -4.39. The van der Waals surface area contributed by atoms with Gasteiger partial charge in [-0.15, -0.1) is 0 Å². The molecule has 0 aliphatic heterocycles. The molecular formula is C24H20N4O3. The molecule has 7 nitrogen and oxygen atoms in total. The van der Waals surface area contributed by atoms with Crippen molar-refractivity contribution >= 4 is 34.1 Å². The fourth-order valence-corrected chi connectivity index (χ4v) is 3.21. The first-order chi connectivity index (χ1) is 15.0. The minimum atomic E-state index is -0.315. The van der Waals surface area contributed by atoms with Crippen LogP contribution in [0.1, 0.15) is 20.7 Å². The second kappa shape index (κ2) is 8.54. The number of ether oxygens (including phenoxy) is 1. The van der Waals surface area contributed by atoms with Crippen molar-refractivity contribution < 1.29 is 14.3 Å². The number of aromatic nitrogens is 1. The summed E-state index contributed by atoms with van der Waals surface area (Å²) in [5, 5.41) is 7.09. The lowest BCUT2D eigenvalue weighted by atomic mass is 10.0. The highest BCUT2D eigenvalue weighted by Crippen LogP contribution is 2.28. The average molecular weight is 412 g/mol. The van der Waals surface area contributed by atoms with Crippen LogP contribution in [0.4, 0.5) is 11.5 Å². The van der Waals surface area contributed by atoms with Crippen LogP contribution in [0.5, 0.6) is 11.5 Å². The van der Waals surface area contributed by atoms with Gasteiger partial charge in [0.2, 0.25) is 0 Å². The second-order valence-electron chi connectivity index (χ2n) is 6.83. The third-order valence-electron chi connectivity index (χ3n) is 4.68. The number of fused-ring (bicyclic) bond motifs is 1. The number of nitrogens with one attached hydrogen (secondary N) is 2. The standard InChI is InChI=1S/C24H20N4O3/c1-26-24(30)21-7-3-4-15-13-18(8-9-20(15)21)31-19-10-11-27-22(14-19)28-23(29)16-5-2-6-17(25)12-16/h2-14H,25H2,1H3,(H,26,30)(H,27,28,29). The smallest absolute Gasteiger partial charge is 0.256 e. The molecule has 0 unspecified atom stereocenters. The van der Waals surface area contributed by atoms with Gasteiger partial charge in [-0.05, 0) is 59.3 Å². The molecule has 0 saturated carbocycles. The van der Waals surface area contributed by atoms with Gasteiger partial charge in [0, 0.05) is 36.1 Å². The number of nitrogens with zero attached hydrogens (tertiary/aromatic N) is 1. The summed E-state index contributed by atoms with van der Waals surface area (Å²) >= 11 is 0. The molecule has 0 bridgehead atoms. The van der Waals surface area contributed by atoms with Crippen molar-refractivity contribution in [3.63, 3.8) is 0 Å². The lowest BCUT2D eigenvalue weighted by Gasteiger charge is -2.10. The summed E-state index contributed by atoms with van der Waals surface area (Å²) < 4.78 is 5.95. The lowest BCUT2D eigenvalue weighted by Crippen LogP contribution is -2.17. The first kappa shape index (κ1) is 19.9. The molecule has 1 heterocycles. The molecule has 0 fully saturated rings. The van der Waals surface area contributed by atoms with Crippen LogP contribution in [-0.4, -0.2) is 23.8 Å². The number of hydrogen-bond acceptors (Lipinski definition) is 5. The molecule has 154 valence electrons. The zero-order valence-electron chi connectivity index (χ0n) is 16.8. The maximum atomic E-state index is 12.4. The summed E-state index contributed by atoms with van der Waals surface area (Å²) in [6, 6.07) is 21.0. The number of rotatable bonds is 5. The number of nitrogens with two attached hydrogens (primary N) is 1. The number of anilines is 2. The Morgan fingerprint density at radius 3 is 2.52 bits per heavy atom. The zero-order valence-corrected chi connectivity index (χ0v) is 16.8. The third-order valence-corrected chi connectivity index (χ3v) is 4.68. The van der Waals surface area contributed by atoms with Gasteiger partial charge in [-0.3, -0.25) is 9.59 Å². The van der Waals surface area contributed by atoms with Crippen LogP contribution >= 0.6 is 0 Å². The molecule has 3 aromatic carbocycles. The van der Waals surface area contributed by atoms with Crippen LogP contribution < -0.4 is 21.1 Å². The van der Waals surface area contributed by atoms with E-state index in [2.05, 4.69) is 15.6 Å². The molecule has 4 aromatic rings. The van der Waals surface area contributed by atoms with E-state index < -0.39 is 0 Å². The number of nitrogen functional groups attached to an aromatic ring is 1. The highest BCUT2D eigenvalue weighted by Gasteiger charge is 2.10. The number of benzene rings is 3. The molecule has 2 amide bonds. The summed E-state index contributed by atoms with van der Waals surface area (Å²) in [6.07, 6.45) is 1.55. The van der Waals surface area contributed by atoms with Crippen LogP contribution in [0.3, 0.4) is 0 Å². The van der Waals surface area contributed by atoms with Crippen LogP contribution in [-0.2, 0) is 0 Å². The fraction of sp³-hybridized carbons (Fsp3) is 0.0417. The molecule has 31 heavy (non-hydrogen) atoms. The number of amides is 2. The lowest BCUT2D eigenvalue weighted by molar-refractivity contribution is 0.0963. The summed E-state index contributed by atoms with van der Waals surface area (Å²) in [5.41, 5.74) is 7.28. The van der Waals surface area contributed by atoms with E-state index in [1.807, 2.05) is 24.3 Å². The Labute approximate surface area is 178 Å². The van der Waals surface area contributed by atoms with E-state index in [4.69, 9.17) is 10.5 Å². The van der Waals surface area contributed by atoms with Gasteiger partial charge >= 0.3 is 0 Å². The summed E-state index contributed by atoms with van der Waals surface area (Å²) in [6.45, 7) is 0. The highest BCUT2D eigenvalue weighted by molar-refractivity contribution is 6.07. The largest absolute Gasteiger partial charge is 0.457 e. The minimum absolute atomic E-state index is 0.144. The molecule has 0 spiro atoms. The zero-order chi connectivity index (χ0) is 21.8. The van der Waals surface area contributed by atoms with Crippen LogP contribution in [0.25, 0.3) is 10.8 Å². The third kappa shape index (κ3) is 4.45. The minimum Gasteiger partial charge on any atom is -0.457 e. The van der Waals surface area contributed by atoms with E-state index in [0.29, 0.717) is 34.1 Å². The second-order valence-corrected chi connectivity index (χ2v) is 6.83. The molecule has 0 aliphatic carbocycles. The molecule has 1 aromatic heterocycles. The van der Waals surface area contributed by atoms with Gasteiger partial charge in [-0.2, -0.15) is 0 Å². The molecule has 0 atom stereocenters. The van der Waals surface area contributed by atoms with E-state index in [1.54, 1.807) is 61.8 Å². The summed E-state index contributed by atoms with van der Waals surface area (Å²) in [7, 11) is 1.60. The van der Waals surface area contributed by atoms with Crippen LogP contribution in [0.2, 0.25) is 0 Å². The molecule has 0 saturated heterocycles. The van der Waals surface area contributed by atoms with Gasteiger partial charge in [0.05, 0.1) is 0 Å². The van der Waals surface area contributed by atoms with E-state index in [0.717, 1.165) is 10.8 Å². The van der Waals surface area contributed by atoms with Crippen LogP contribution in [0, 0.1) is 0 Å². The molecule has 4 rings (SSSR count). The molecule has 0 aliphatic rings. The summed E-state index contributed by atoms with van der Waals surface area (Å²) in [4.78, 5) is 28.6. The van der Waals surface area contributed by atoms with E-state index in [9.17, 15) is 9.59 Å². The van der Waals surface area contributed by atoms with Crippen LogP contribution in [0.15, 0.2) is 79.0 Å². The van der Waals surface area contributed by atoms with Gasteiger partial charge in [0.1, 0.15) is 17.3 Å². The SMILES string of the molecule is CNC(=O)c1cccc2cc(Oc3ccnc(NC(=O)c4cccc(N)c4)c3)ccc12. The fourth-order valence-electron chi connectivity index (χ4n) is 3.21. The number of hydrogen-bond donors (Lipinski definition) is 3. The normalized spacial score (nSPS) is 10.5. The Kier molecular flexibility index (Phi) is 5.49. The van der Waals surface area contributed by atoms with Gasteiger partial charge in [-0.25, -0.2) is 4.98 Å². The number of pyridine rings is 1. The Bertz CT molecular complexity index is 1290. The molecule has 7 heteroatoms. The predicted molar refractivity (Wildman–Crippen MR) is 120 cm³/mol. The molecule has 0 radical (unpaired) electrons. The van der Waals surface area contributed by atoms with Crippen molar-refractivity contribution in [3.8, 4) is 11.5 Å². The quantitative estimate of drug-likeness (QED) is 0.426. The van der Waals surface area contributed by atoms with E-state index in [1.165, 1.54) is 0 Å². The first-order valence-electron chi connectivity index (χ1n) is 9.59. The predicted octanol–water partition coefficient (Wildman–Crippen LogP) is 4.22. The van der Waals surface area contributed by atoms with Crippen molar-refractivity contribution in [2.24, 2.45) is 0 Å². The number of carbonyl (C=O) groups excluding carboxylic acids is 2. The summed E-state index contributed by atoms with van der Waals surface area (Å²) in [5.74, 6) is 1.01. The van der Waals surface area contributed by atoms with Gasteiger partial charge in [0.25, 0.3) is 11.8 Å². The maximum Gasteiger partial charge on any atom is 0.256 e. The topological polar surface area (TPSA) is 106 Å². The monoisotopic (exact) mass is 412 g/mol. The van der Waals surface area contributed by atoms with Gasteiger partial charge in [0.15, 0.2) is 0 Å². The van der Waals surface area contributed by atoms with E-state index >= 15 is 0 Å². The maximum absolute atomic E-state index is 12.4. The highest BCUT2D eigenvalue weighted by atomic mass is 16.5. The van der Waals surface area contributed by atoms with Crippen molar-refractivity contribution in [1.29, 1.82) is 0 Å². The Balaban J connectivity index is 1.54. The Morgan fingerprint density at radius 1 is 0.903 bits per heavy atom. The average Bonchev–Trinajstić information content (AvgIpc) is 2.78. The first-order valence-corrected chi connectivity index (χ1v) is 9.59. The van der Waals surface area contributed by atoms with Crippen molar-refractivity contribution in [1.82, 2.24) is 10.3 Å². The van der Waals surface area contributed by atoms with Gasteiger partial charge < -0.3 is 21.1 Å². The van der Waals surface area contributed by atoms with Crippen molar-refractivity contribution in [3.05, 3.63) is 90.1 Å². The number of carbonyl (C=O) groups is 2. The molecular weight excluding hydrogens is 392 g/mol. The van der Waals surface area contributed by atoms with E-state index in [-0.39, 0.29) is 11.8 Å². The van der Waals surface area contributed by atoms with Crippen molar-refractivity contribution in [2.45, 2.75) is 0 Å². The Morgan fingerprint density at radius 2 is 1.71 bits per heavy atom. The van der Waals surface area contributed by atoms with Gasteiger partial charge in [-0.1, -0.05) is 18.2 Å².